The Balaban J connectivity index is 1.44. The molecule has 1 fully saturated rings. The van der Waals surface area contributed by atoms with E-state index in [1.54, 1.807) is 7.11 Å². The standard InChI is InChI=1S/C30H32F4O/c1-35-16-4-5-21-8-10-22(11-9-21)12-13-23-6-2-3-7-24(23)14-15-25-17-27(31)18-26-19-29(32)30(33,34)20-28(25)26/h2-3,6-7,17-19,21-22H,4-5,8-13,16,20H2,1H3. The smallest absolute Gasteiger partial charge is 0.302 e. The minimum absolute atomic E-state index is 0.129. The normalized spacial score (nSPS) is 21.0. The van der Waals surface area contributed by atoms with Crippen LogP contribution >= 0.6 is 0 Å². The summed E-state index contributed by atoms with van der Waals surface area (Å²) >= 11 is 0. The Morgan fingerprint density at radius 3 is 2.37 bits per heavy atom. The van der Waals surface area contributed by atoms with E-state index in [2.05, 4.69) is 11.8 Å². The lowest BCUT2D eigenvalue weighted by Crippen LogP contribution is -2.25. The third-order valence-corrected chi connectivity index (χ3v) is 7.38. The lowest BCUT2D eigenvalue weighted by Gasteiger charge is -2.28. The summed E-state index contributed by atoms with van der Waals surface area (Å²) < 4.78 is 60.9. The summed E-state index contributed by atoms with van der Waals surface area (Å²) in [5.41, 5.74) is 2.44. The van der Waals surface area contributed by atoms with E-state index in [0.717, 1.165) is 55.0 Å². The van der Waals surface area contributed by atoms with Crippen molar-refractivity contribution in [1.29, 1.82) is 0 Å². The van der Waals surface area contributed by atoms with Gasteiger partial charge in [-0.2, -0.15) is 8.78 Å². The number of hydrogen-bond donors (Lipinski definition) is 0. The van der Waals surface area contributed by atoms with Crippen molar-refractivity contribution in [2.75, 3.05) is 13.7 Å². The summed E-state index contributed by atoms with van der Waals surface area (Å²) in [6, 6.07) is 10.1. The lowest BCUT2D eigenvalue weighted by molar-refractivity contribution is 0.0185. The van der Waals surface area contributed by atoms with Gasteiger partial charge in [-0.3, -0.25) is 0 Å². The van der Waals surface area contributed by atoms with Crippen LogP contribution in [0.3, 0.4) is 0 Å². The molecule has 1 nitrogen and oxygen atoms in total. The van der Waals surface area contributed by atoms with Crippen LogP contribution in [0.1, 0.15) is 72.8 Å². The second-order valence-electron chi connectivity index (χ2n) is 9.86. The second kappa shape index (κ2) is 11.4. The molecule has 2 aromatic rings. The summed E-state index contributed by atoms with van der Waals surface area (Å²) in [7, 11) is 1.75. The maximum atomic E-state index is 14.1. The van der Waals surface area contributed by atoms with Gasteiger partial charge in [0.25, 0.3) is 0 Å². The highest BCUT2D eigenvalue weighted by Crippen LogP contribution is 2.38. The molecule has 2 aromatic carbocycles. The molecule has 0 amide bonds. The third-order valence-electron chi connectivity index (χ3n) is 7.38. The Labute approximate surface area is 205 Å². The average Bonchev–Trinajstić information content (AvgIpc) is 2.84. The fraction of sp³-hybridized carbons (Fsp3) is 0.467. The zero-order valence-electron chi connectivity index (χ0n) is 20.2. The summed E-state index contributed by atoms with van der Waals surface area (Å²) in [6.45, 7) is 0.839. The molecule has 5 heteroatoms. The Kier molecular flexibility index (Phi) is 8.34. The molecule has 0 spiro atoms. The molecule has 0 atom stereocenters. The van der Waals surface area contributed by atoms with E-state index in [0.29, 0.717) is 12.0 Å². The molecular weight excluding hydrogens is 452 g/mol. The van der Waals surface area contributed by atoms with Crippen molar-refractivity contribution in [2.45, 2.75) is 63.7 Å². The van der Waals surface area contributed by atoms with E-state index in [1.807, 2.05) is 24.3 Å². The molecule has 0 aromatic heterocycles. The molecule has 0 radical (unpaired) electrons. The van der Waals surface area contributed by atoms with E-state index in [-0.39, 0.29) is 16.7 Å². The van der Waals surface area contributed by atoms with E-state index >= 15 is 0 Å². The number of methoxy groups -OCH3 is 1. The van der Waals surface area contributed by atoms with Crippen LogP contribution in [0.15, 0.2) is 42.2 Å². The van der Waals surface area contributed by atoms with Crippen LogP contribution in [0.25, 0.3) is 6.08 Å². The van der Waals surface area contributed by atoms with Crippen LogP contribution in [0.4, 0.5) is 17.6 Å². The van der Waals surface area contributed by atoms with Gasteiger partial charge in [0.05, 0.1) is 0 Å². The number of ether oxygens (including phenoxy) is 1. The third kappa shape index (κ3) is 6.55. The quantitative estimate of drug-likeness (QED) is 0.221. The van der Waals surface area contributed by atoms with Gasteiger partial charge in [0.15, 0.2) is 5.83 Å². The van der Waals surface area contributed by atoms with Gasteiger partial charge >= 0.3 is 5.92 Å². The van der Waals surface area contributed by atoms with Crippen molar-refractivity contribution in [3.63, 3.8) is 0 Å². The van der Waals surface area contributed by atoms with Crippen LogP contribution in [0.2, 0.25) is 0 Å². The van der Waals surface area contributed by atoms with Crippen molar-refractivity contribution in [1.82, 2.24) is 0 Å². The number of halogens is 4. The minimum atomic E-state index is -3.60. The SMILES string of the molecule is COCCCC1CCC(CCc2ccccc2C#Cc2cc(F)cc3c2CC(F)(F)C(F)=C3)CC1. The molecule has 0 saturated heterocycles. The second-order valence-corrected chi connectivity index (χ2v) is 9.86. The number of alkyl halides is 2. The zero-order valence-corrected chi connectivity index (χ0v) is 20.2. The zero-order chi connectivity index (χ0) is 24.8. The first-order valence-corrected chi connectivity index (χ1v) is 12.5. The molecule has 35 heavy (non-hydrogen) atoms. The van der Waals surface area contributed by atoms with Gasteiger partial charge in [-0.15, -0.1) is 0 Å². The van der Waals surface area contributed by atoms with Gasteiger partial charge in [0, 0.05) is 31.3 Å². The number of allylic oxidation sites excluding steroid dienone is 1. The molecule has 0 aliphatic heterocycles. The predicted octanol–water partition coefficient (Wildman–Crippen LogP) is 7.89. The van der Waals surface area contributed by atoms with Crippen molar-refractivity contribution in [2.24, 2.45) is 11.8 Å². The Morgan fingerprint density at radius 2 is 1.63 bits per heavy atom. The van der Waals surface area contributed by atoms with Gasteiger partial charge in [-0.25, -0.2) is 8.78 Å². The Hall–Kier alpha value is -2.58. The highest BCUT2D eigenvalue weighted by Gasteiger charge is 2.40. The number of fused-ring (bicyclic) bond motifs is 1. The van der Waals surface area contributed by atoms with Crippen LogP contribution in [-0.2, 0) is 17.6 Å². The molecule has 186 valence electrons. The molecule has 0 heterocycles. The van der Waals surface area contributed by atoms with E-state index < -0.39 is 24.0 Å². The summed E-state index contributed by atoms with van der Waals surface area (Å²) in [5, 5.41) is 0. The molecule has 4 rings (SSSR count). The van der Waals surface area contributed by atoms with Gasteiger partial charge in [0.1, 0.15) is 5.82 Å². The first-order chi connectivity index (χ1) is 16.9. The van der Waals surface area contributed by atoms with Crippen LogP contribution in [0, 0.1) is 29.5 Å². The molecule has 0 unspecified atom stereocenters. The first kappa shape index (κ1) is 25.5. The largest absolute Gasteiger partial charge is 0.385 e. The molecule has 1 saturated carbocycles. The first-order valence-electron chi connectivity index (χ1n) is 12.5. The number of hydrogen-bond acceptors (Lipinski definition) is 1. The van der Waals surface area contributed by atoms with Gasteiger partial charge < -0.3 is 4.74 Å². The average molecular weight is 485 g/mol. The fourth-order valence-electron chi connectivity index (χ4n) is 5.32. The predicted molar refractivity (Wildman–Crippen MR) is 131 cm³/mol. The summed E-state index contributed by atoms with van der Waals surface area (Å²) in [6.07, 6.45) is 9.33. The topological polar surface area (TPSA) is 9.23 Å². The van der Waals surface area contributed by atoms with Crippen LogP contribution in [0.5, 0.6) is 0 Å². The molecule has 2 aliphatic carbocycles. The van der Waals surface area contributed by atoms with Gasteiger partial charge in [-0.05, 0) is 78.5 Å². The van der Waals surface area contributed by atoms with Crippen molar-refractivity contribution in [3.8, 4) is 11.8 Å². The summed E-state index contributed by atoms with van der Waals surface area (Å²) in [4.78, 5) is 0. The fourth-order valence-corrected chi connectivity index (χ4v) is 5.32. The summed E-state index contributed by atoms with van der Waals surface area (Å²) in [5.74, 6) is 1.75. The highest BCUT2D eigenvalue weighted by atomic mass is 19.3. The maximum absolute atomic E-state index is 14.1. The number of benzene rings is 2. The van der Waals surface area contributed by atoms with E-state index in [9.17, 15) is 17.6 Å². The minimum Gasteiger partial charge on any atom is -0.385 e. The highest BCUT2D eigenvalue weighted by molar-refractivity contribution is 5.65. The maximum Gasteiger partial charge on any atom is 0.302 e. The Morgan fingerprint density at radius 1 is 0.943 bits per heavy atom. The van der Waals surface area contributed by atoms with Crippen LogP contribution in [-0.4, -0.2) is 19.6 Å². The van der Waals surface area contributed by atoms with Crippen molar-refractivity contribution >= 4 is 6.08 Å². The molecule has 2 aliphatic rings. The Bertz CT molecular complexity index is 1120. The number of rotatable bonds is 7. The molecular formula is C30H32F4O. The lowest BCUT2D eigenvalue weighted by atomic mass is 9.78. The molecule has 0 N–H and O–H groups in total. The van der Waals surface area contributed by atoms with Crippen molar-refractivity contribution in [3.05, 3.63) is 75.9 Å². The van der Waals surface area contributed by atoms with E-state index in [4.69, 9.17) is 4.74 Å². The monoisotopic (exact) mass is 484 g/mol. The van der Waals surface area contributed by atoms with Crippen molar-refractivity contribution < 1.29 is 22.3 Å². The van der Waals surface area contributed by atoms with E-state index in [1.165, 1.54) is 32.1 Å². The van der Waals surface area contributed by atoms with Gasteiger partial charge in [-0.1, -0.05) is 55.7 Å². The van der Waals surface area contributed by atoms with Gasteiger partial charge in [0.2, 0.25) is 0 Å². The number of aryl methyl sites for hydroxylation is 1. The van der Waals surface area contributed by atoms with Crippen LogP contribution < -0.4 is 0 Å². The molecule has 0 bridgehead atoms.